The van der Waals surface area contributed by atoms with E-state index < -0.39 is 10.0 Å². The Morgan fingerprint density at radius 2 is 1.84 bits per heavy atom. The average Bonchev–Trinajstić information content (AvgIpc) is 3.09. The van der Waals surface area contributed by atoms with Gasteiger partial charge < -0.3 is 4.90 Å². The summed E-state index contributed by atoms with van der Waals surface area (Å²) in [6.07, 6.45) is 2.32. The number of nitrogens with one attached hydrogen (secondary N) is 1. The number of benzene rings is 1. The van der Waals surface area contributed by atoms with Crippen LogP contribution in [0.1, 0.15) is 29.9 Å². The lowest BCUT2D eigenvalue weighted by Gasteiger charge is -2.17. The molecular formula is C17H21ClN4O2S. The highest BCUT2D eigenvalue weighted by atomic mass is 35.5. The molecule has 0 unspecified atom stereocenters. The van der Waals surface area contributed by atoms with E-state index >= 15 is 0 Å². The second-order valence-electron chi connectivity index (χ2n) is 6.18. The molecule has 2 aromatic rings. The highest BCUT2D eigenvalue weighted by Gasteiger charge is 2.16. The number of halogens is 1. The van der Waals surface area contributed by atoms with Crippen LogP contribution in [0.2, 0.25) is 5.02 Å². The van der Waals surface area contributed by atoms with Crippen molar-refractivity contribution in [3.63, 3.8) is 0 Å². The minimum atomic E-state index is -3.48. The smallest absolute Gasteiger partial charge is 0.216 e. The Bertz CT molecular complexity index is 834. The van der Waals surface area contributed by atoms with E-state index in [1.165, 1.54) is 0 Å². The highest BCUT2D eigenvalue weighted by molar-refractivity contribution is 7.88. The van der Waals surface area contributed by atoms with Crippen molar-refractivity contribution in [1.82, 2.24) is 14.7 Å². The zero-order chi connectivity index (χ0) is 17.9. The molecule has 1 aliphatic rings. The molecule has 0 amide bonds. The van der Waals surface area contributed by atoms with E-state index in [4.69, 9.17) is 11.6 Å². The summed E-state index contributed by atoms with van der Waals surface area (Å²) in [4.78, 5) is 11.1. The first kappa shape index (κ1) is 18.1. The summed E-state index contributed by atoms with van der Waals surface area (Å²) in [5, 5.41) is 0.580. The molecule has 1 saturated heterocycles. The maximum atomic E-state index is 12.3. The van der Waals surface area contributed by atoms with Crippen LogP contribution in [0.3, 0.4) is 0 Å². The molecule has 0 aliphatic carbocycles. The fourth-order valence-electron chi connectivity index (χ4n) is 2.83. The molecule has 134 valence electrons. The molecule has 1 fully saturated rings. The third kappa shape index (κ3) is 5.14. The molecule has 0 radical (unpaired) electrons. The van der Waals surface area contributed by atoms with Gasteiger partial charge in [-0.15, -0.1) is 0 Å². The van der Waals surface area contributed by atoms with Crippen LogP contribution in [0.25, 0.3) is 0 Å². The van der Waals surface area contributed by atoms with E-state index in [-0.39, 0.29) is 12.3 Å². The van der Waals surface area contributed by atoms with Gasteiger partial charge in [0.2, 0.25) is 10.0 Å². The molecule has 0 atom stereocenters. The number of hydrogen-bond acceptors (Lipinski definition) is 5. The van der Waals surface area contributed by atoms with Crippen molar-refractivity contribution in [2.75, 3.05) is 18.0 Å². The van der Waals surface area contributed by atoms with E-state index in [0.717, 1.165) is 37.4 Å². The Morgan fingerprint density at radius 1 is 1.16 bits per heavy atom. The van der Waals surface area contributed by atoms with Gasteiger partial charge in [0.05, 0.1) is 12.3 Å². The van der Waals surface area contributed by atoms with Crippen LogP contribution < -0.4 is 9.62 Å². The van der Waals surface area contributed by atoms with Crippen LogP contribution in [-0.4, -0.2) is 31.5 Å². The average molecular weight is 381 g/mol. The van der Waals surface area contributed by atoms with Crippen LogP contribution in [0.4, 0.5) is 5.82 Å². The van der Waals surface area contributed by atoms with Crippen LogP contribution >= 0.6 is 11.6 Å². The fraction of sp³-hybridized carbons (Fsp3) is 0.412. The quantitative estimate of drug-likeness (QED) is 0.833. The number of aryl methyl sites for hydroxylation is 1. The lowest BCUT2D eigenvalue weighted by molar-refractivity contribution is 0.578. The second kappa shape index (κ2) is 7.68. The van der Waals surface area contributed by atoms with Gasteiger partial charge in [0, 0.05) is 29.9 Å². The van der Waals surface area contributed by atoms with Gasteiger partial charge in [-0.25, -0.2) is 23.1 Å². The first-order valence-corrected chi connectivity index (χ1v) is 10.3. The third-order valence-electron chi connectivity index (χ3n) is 4.04. The van der Waals surface area contributed by atoms with Crippen molar-refractivity contribution in [2.24, 2.45) is 0 Å². The molecule has 1 aromatic heterocycles. The molecule has 2 heterocycles. The Morgan fingerprint density at radius 3 is 2.52 bits per heavy atom. The molecule has 25 heavy (non-hydrogen) atoms. The summed E-state index contributed by atoms with van der Waals surface area (Å²) in [6, 6.07) is 8.71. The molecule has 0 bridgehead atoms. The Labute approximate surface area is 153 Å². The van der Waals surface area contributed by atoms with Crippen molar-refractivity contribution < 1.29 is 8.42 Å². The normalized spacial score (nSPS) is 14.9. The van der Waals surface area contributed by atoms with Gasteiger partial charge in [-0.1, -0.05) is 23.7 Å². The molecule has 1 aromatic carbocycles. The number of nitrogens with zero attached hydrogens (tertiary/aromatic N) is 3. The summed E-state index contributed by atoms with van der Waals surface area (Å²) in [5.41, 5.74) is 1.52. The summed E-state index contributed by atoms with van der Waals surface area (Å²) >= 11 is 5.82. The standard InChI is InChI=1S/C17H21ClN4O2S/c1-13-10-17(22-8-2-3-9-22)21-16(20-13)11-19-25(23,24)12-14-4-6-15(18)7-5-14/h4-7,10,19H,2-3,8-9,11-12H2,1H3. The molecule has 0 saturated carbocycles. The molecule has 0 spiro atoms. The maximum Gasteiger partial charge on any atom is 0.216 e. The molecule has 1 aliphatic heterocycles. The zero-order valence-corrected chi connectivity index (χ0v) is 15.6. The predicted octanol–water partition coefficient (Wildman–Crippen LogP) is 2.66. The SMILES string of the molecule is Cc1cc(N2CCCC2)nc(CNS(=O)(=O)Cc2ccc(Cl)cc2)n1. The van der Waals surface area contributed by atoms with Gasteiger partial charge in [0.25, 0.3) is 0 Å². The molecule has 6 nitrogen and oxygen atoms in total. The predicted molar refractivity (Wildman–Crippen MR) is 99.1 cm³/mol. The van der Waals surface area contributed by atoms with Gasteiger partial charge >= 0.3 is 0 Å². The zero-order valence-electron chi connectivity index (χ0n) is 14.1. The molecule has 8 heteroatoms. The van der Waals surface area contributed by atoms with Crippen LogP contribution in [0.15, 0.2) is 30.3 Å². The van der Waals surface area contributed by atoms with E-state index in [1.807, 2.05) is 13.0 Å². The Kier molecular flexibility index (Phi) is 5.56. The van der Waals surface area contributed by atoms with Crippen molar-refractivity contribution in [3.05, 3.63) is 52.4 Å². The van der Waals surface area contributed by atoms with E-state index in [0.29, 0.717) is 16.4 Å². The van der Waals surface area contributed by atoms with Gasteiger partial charge in [0.1, 0.15) is 11.6 Å². The lowest BCUT2D eigenvalue weighted by atomic mass is 10.2. The van der Waals surface area contributed by atoms with Crippen molar-refractivity contribution in [1.29, 1.82) is 0 Å². The Balaban J connectivity index is 1.66. The van der Waals surface area contributed by atoms with Crippen LogP contribution in [-0.2, 0) is 22.3 Å². The second-order valence-corrected chi connectivity index (χ2v) is 8.43. The minimum Gasteiger partial charge on any atom is -0.357 e. The van der Waals surface area contributed by atoms with Crippen molar-refractivity contribution in [3.8, 4) is 0 Å². The Hall–Kier alpha value is -1.70. The fourth-order valence-corrected chi connectivity index (χ4v) is 4.03. The molecule has 1 N–H and O–H groups in total. The summed E-state index contributed by atoms with van der Waals surface area (Å²) in [7, 11) is -3.48. The summed E-state index contributed by atoms with van der Waals surface area (Å²) in [6.45, 7) is 3.95. The lowest BCUT2D eigenvalue weighted by Crippen LogP contribution is -2.27. The largest absolute Gasteiger partial charge is 0.357 e. The number of rotatable bonds is 6. The monoisotopic (exact) mass is 380 g/mol. The van der Waals surface area contributed by atoms with Gasteiger partial charge in [0.15, 0.2) is 0 Å². The molecular weight excluding hydrogens is 360 g/mol. The summed E-state index contributed by atoms with van der Waals surface area (Å²) < 4.78 is 27.1. The number of anilines is 1. The maximum absolute atomic E-state index is 12.3. The minimum absolute atomic E-state index is 0.0818. The van der Waals surface area contributed by atoms with E-state index in [1.54, 1.807) is 24.3 Å². The number of aromatic nitrogens is 2. The van der Waals surface area contributed by atoms with Crippen LogP contribution in [0.5, 0.6) is 0 Å². The number of sulfonamides is 1. The first-order valence-electron chi connectivity index (χ1n) is 8.22. The highest BCUT2D eigenvalue weighted by Crippen LogP contribution is 2.18. The number of hydrogen-bond donors (Lipinski definition) is 1. The topological polar surface area (TPSA) is 75.2 Å². The van der Waals surface area contributed by atoms with Crippen LogP contribution in [0, 0.1) is 6.92 Å². The van der Waals surface area contributed by atoms with Gasteiger partial charge in [-0.2, -0.15) is 0 Å². The van der Waals surface area contributed by atoms with Gasteiger partial charge in [-0.05, 0) is 37.5 Å². The summed E-state index contributed by atoms with van der Waals surface area (Å²) in [5.74, 6) is 1.26. The van der Waals surface area contributed by atoms with Crippen molar-refractivity contribution >= 4 is 27.4 Å². The third-order valence-corrected chi connectivity index (χ3v) is 5.59. The first-order chi connectivity index (χ1) is 11.9. The van der Waals surface area contributed by atoms with E-state index in [9.17, 15) is 8.42 Å². The molecule has 3 rings (SSSR count). The van der Waals surface area contributed by atoms with Gasteiger partial charge in [-0.3, -0.25) is 0 Å². The van der Waals surface area contributed by atoms with E-state index in [2.05, 4.69) is 19.6 Å². The van der Waals surface area contributed by atoms with Crippen molar-refractivity contribution in [2.45, 2.75) is 32.1 Å².